The summed E-state index contributed by atoms with van der Waals surface area (Å²) in [5, 5.41) is 3.05. The highest BCUT2D eigenvalue weighted by Gasteiger charge is 2.22. The van der Waals surface area contributed by atoms with E-state index >= 15 is 0 Å². The topological polar surface area (TPSA) is 71.1 Å². The van der Waals surface area contributed by atoms with Gasteiger partial charge in [-0.05, 0) is 54.8 Å². The van der Waals surface area contributed by atoms with Crippen LogP contribution in [0.1, 0.15) is 47.1 Å². The van der Waals surface area contributed by atoms with Crippen molar-refractivity contribution in [3.8, 4) is 5.75 Å². The van der Waals surface area contributed by atoms with Crippen molar-refractivity contribution in [1.82, 2.24) is 4.90 Å². The van der Waals surface area contributed by atoms with Gasteiger partial charge >= 0.3 is 5.97 Å². The number of carbonyl (C=O) groups excluding carboxylic acids is 2. The van der Waals surface area contributed by atoms with Crippen molar-refractivity contribution in [2.75, 3.05) is 49.6 Å². The molecule has 0 aromatic heterocycles. The summed E-state index contributed by atoms with van der Waals surface area (Å²) in [7, 11) is 0. The third-order valence-electron chi connectivity index (χ3n) is 6.40. The summed E-state index contributed by atoms with van der Waals surface area (Å²) in [5.74, 6) is 0.367. The molecule has 7 heteroatoms. The fourth-order valence-electron chi connectivity index (χ4n) is 4.43. The molecular weight excluding hydrogens is 478 g/mol. The second-order valence-electron chi connectivity index (χ2n) is 9.89. The largest absolute Gasteiger partial charge is 0.493 e. The molecule has 1 aliphatic heterocycles. The van der Waals surface area contributed by atoms with Crippen molar-refractivity contribution in [1.29, 1.82) is 0 Å². The van der Waals surface area contributed by atoms with Gasteiger partial charge < -0.3 is 19.7 Å². The molecule has 4 rings (SSSR count). The molecule has 1 N–H and O–H groups in total. The van der Waals surface area contributed by atoms with Crippen LogP contribution in [0.15, 0.2) is 72.8 Å². The van der Waals surface area contributed by atoms with E-state index in [4.69, 9.17) is 9.47 Å². The molecule has 1 saturated heterocycles. The first-order valence-corrected chi connectivity index (χ1v) is 13.3. The van der Waals surface area contributed by atoms with Crippen molar-refractivity contribution in [3.63, 3.8) is 0 Å². The molecule has 3 aromatic rings. The van der Waals surface area contributed by atoms with Crippen LogP contribution in [0, 0.1) is 5.92 Å². The quantitative estimate of drug-likeness (QED) is 0.361. The zero-order valence-electron chi connectivity index (χ0n) is 22.5. The van der Waals surface area contributed by atoms with Gasteiger partial charge in [-0.25, -0.2) is 4.79 Å². The zero-order chi connectivity index (χ0) is 26.9. The Morgan fingerprint density at radius 1 is 0.895 bits per heavy atom. The maximum Gasteiger partial charge on any atom is 0.338 e. The lowest BCUT2D eigenvalue weighted by Gasteiger charge is -2.37. The Labute approximate surface area is 225 Å². The maximum absolute atomic E-state index is 13.3. The van der Waals surface area contributed by atoms with E-state index in [2.05, 4.69) is 53.2 Å². The van der Waals surface area contributed by atoms with Gasteiger partial charge in [0.25, 0.3) is 5.91 Å². The minimum atomic E-state index is -0.411. The summed E-state index contributed by atoms with van der Waals surface area (Å²) < 4.78 is 11.0. The molecule has 3 aromatic carbocycles. The highest BCUT2D eigenvalue weighted by Crippen LogP contribution is 2.30. The highest BCUT2D eigenvalue weighted by atomic mass is 16.5. The Balaban J connectivity index is 1.51. The molecule has 38 heavy (non-hydrogen) atoms. The van der Waals surface area contributed by atoms with E-state index in [1.807, 2.05) is 24.3 Å². The van der Waals surface area contributed by atoms with Crippen LogP contribution < -0.4 is 15.0 Å². The highest BCUT2D eigenvalue weighted by molar-refractivity contribution is 6.07. The summed E-state index contributed by atoms with van der Waals surface area (Å²) in [6.45, 7) is 11.1. The Morgan fingerprint density at radius 3 is 2.37 bits per heavy atom. The number of ether oxygens (including phenoxy) is 2. The number of amides is 1. The van der Waals surface area contributed by atoms with E-state index in [9.17, 15) is 9.59 Å². The average Bonchev–Trinajstić information content (AvgIpc) is 2.93. The molecule has 1 heterocycles. The van der Waals surface area contributed by atoms with E-state index in [0.29, 0.717) is 35.1 Å². The lowest BCUT2D eigenvalue weighted by Crippen LogP contribution is -2.46. The molecule has 7 nitrogen and oxygen atoms in total. The molecule has 0 unspecified atom stereocenters. The minimum Gasteiger partial charge on any atom is -0.493 e. The molecule has 0 radical (unpaired) electrons. The van der Waals surface area contributed by atoms with Crippen LogP contribution in [0.4, 0.5) is 11.4 Å². The third kappa shape index (κ3) is 7.35. The van der Waals surface area contributed by atoms with E-state index in [-0.39, 0.29) is 12.5 Å². The Bertz CT molecular complexity index is 1220. The van der Waals surface area contributed by atoms with Crippen LogP contribution in [0.5, 0.6) is 5.75 Å². The summed E-state index contributed by atoms with van der Waals surface area (Å²) in [6.07, 6.45) is 0. The van der Waals surface area contributed by atoms with E-state index < -0.39 is 5.97 Å². The third-order valence-corrected chi connectivity index (χ3v) is 6.40. The first kappa shape index (κ1) is 27.2. The molecule has 0 bridgehead atoms. The SMILES string of the molecule is CCOC(=O)c1ccc(N2CCN(Cc3ccccc3)CC2)c(NC(=O)c2cccc(OCC(C)C)c2)c1. The number of hydrogen-bond acceptors (Lipinski definition) is 6. The van der Waals surface area contributed by atoms with Crippen LogP contribution in [-0.2, 0) is 11.3 Å². The molecule has 1 fully saturated rings. The Hall–Kier alpha value is -3.84. The van der Waals surface area contributed by atoms with Gasteiger partial charge in [0.15, 0.2) is 0 Å². The van der Waals surface area contributed by atoms with Gasteiger partial charge in [-0.3, -0.25) is 9.69 Å². The first-order chi connectivity index (χ1) is 18.4. The summed E-state index contributed by atoms with van der Waals surface area (Å²) in [4.78, 5) is 30.4. The number of rotatable bonds is 10. The number of piperazine rings is 1. The van der Waals surface area contributed by atoms with Crippen molar-refractivity contribution in [2.45, 2.75) is 27.3 Å². The number of anilines is 2. The second-order valence-corrected chi connectivity index (χ2v) is 9.89. The minimum absolute atomic E-state index is 0.259. The average molecular weight is 516 g/mol. The van der Waals surface area contributed by atoms with Crippen LogP contribution in [0.3, 0.4) is 0 Å². The standard InChI is InChI=1S/C31H37N3O4/c1-4-37-31(36)26-13-14-29(34-17-15-33(16-18-34)21-24-9-6-5-7-10-24)28(20-26)32-30(35)25-11-8-12-27(19-25)38-22-23(2)3/h5-14,19-20,23H,4,15-18,21-22H2,1-3H3,(H,32,35). The summed E-state index contributed by atoms with van der Waals surface area (Å²) in [5.41, 5.74) is 3.67. The van der Waals surface area contributed by atoms with Gasteiger partial charge in [-0.2, -0.15) is 0 Å². The van der Waals surface area contributed by atoms with Gasteiger partial charge in [-0.15, -0.1) is 0 Å². The van der Waals surface area contributed by atoms with Gasteiger partial charge in [0.05, 0.1) is 30.2 Å². The van der Waals surface area contributed by atoms with E-state index in [0.717, 1.165) is 38.4 Å². The summed E-state index contributed by atoms with van der Waals surface area (Å²) in [6, 6.07) is 23.0. The molecule has 200 valence electrons. The maximum atomic E-state index is 13.3. The first-order valence-electron chi connectivity index (χ1n) is 13.3. The summed E-state index contributed by atoms with van der Waals surface area (Å²) >= 11 is 0. The second kappa shape index (κ2) is 13.1. The monoisotopic (exact) mass is 515 g/mol. The lowest BCUT2D eigenvalue weighted by atomic mass is 10.1. The number of hydrogen-bond donors (Lipinski definition) is 1. The van der Waals surface area contributed by atoms with Gasteiger partial charge in [0.1, 0.15) is 5.75 Å². The van der Waals surface area contributed by atoms with Crippen LogP contribution in [-0.4, -0.2) is 56.2 Å². The zero-order valence-corrected chi connectivity index (χ0v) is 22.5. The van der Waals surface area contributed by atoms with Crippen molar-refractivity contribution in [2.24, 2.45) is 5.92 Å². The predicted octanol–water partition coefficient (Wildman–Crippen LogP) is 5.47. The molecule has 1 aliphatic rings. The Morgan fingerprint density at radius 2 is 1.66 bits per heavy atom. The number of nitrogens with one attached hydrogen (secondary N) is 1. The number of esters is 1. The van der Waals surface area contributed by atoms with Gasteiger partial charge in [-0.1, -0.05) is 50.2 Å². The molecule has 0 saturated carbocycles. The van der Waals surface area contributed by atoms with Crippen molar-refractivity contribution < 1.29 is 19.1 Å². The van der Waals surface area contributed by atoms with E-state index in [1.54, 1.807) is 31.2 Å². The van der Waals surface area contributed by atoms with Crippen molar-refractivity contribution >= 4 is 23.3 Å². The normalized spacial score (nSPS) is 13.8. The van der Waals surface area contributed by atoms with Crippen LogP contribution in [0.25, 0.3) is 0 Å². The van der Waals surface area contributed by atoms with Crippen LogP contribution >= 0.6 is 0 Å². The number of carbonyl (C=O) groups is 2. The van der Waals surface area contributed by atoms with E-state index in [1.165, 1.54) is 5.56 Å². The predicted molar refractivity (Wildman–Crippen MR) is 151 cm³/mol. The van der Waals surface area contributed by atoms with Gasteiger partial charge in [0, 0.05) is 38.3 Å². The lowest BCUT2D eigenvalue weighted by molar-refractivity contribution is 0.0526. The van der Waals surface area contributed by atoms with Crippen LogP contribution in [0.2, 0.25) is 0 Å². The van der Waals surface area contributed by atoms with Crippen molar-refractivity contribution in [3.05, 3.63) is 89.5 Å². The molecule has 0 aliphatic carbocycles. The molecular formula is C31H37N3O4. The Kier molecular flexibility index (Phi) is 9.38. The number of nitrogens with zero attached hydrogens (tertiary/aromatic N) is 2. The molecule has 1 amide bonds. The number of benzene rings is 3. The molecule has 0 atom stereocenters. The fourth-order valence-corrected chi connectivity index (χ4v) is 4.43. The smallest absolute Gasteiger partial charge is 0.338 e. The fraction of sp³-hybridized carbons (Fsp3) is 0.355. The molecule has 0 spiro atoms. The van der Waals surface area contributed by atoms with Gasteiger partial charge in [0.2, 0.25) is 0 Å².